The summed E-state index contributed by atoms with van der Waals surface area (Å²) in [6, 6.07) is 10.1. The second-order valence-corrected chi connectivity index (χ2v) is 5.02. The van der Waals surface area contributed by atoms with Crippen LogP contribution in [0.25, 0.3) is 0 Å². The Bertz CT molecular complexity index is 475. The van der Waals surface area contributed by atoms with E-state index < -0.39 is 0 Å². The Hall–Kier alpha value is -1.86. The van der Waals surface area contributed by atoms with Crippen molar-refractivity contribution in [1.82, 2.24) is 10.6 Å². The van der Waals surface area contributed by atoms with Gasteiger partial charge in [-0.05, 0) is 37.5 Å². The molecule has 1 aromatic rings. The lowest BCUT2D eigenvalue weighted by molar-refractivity contribution is -0.121. The molecule has 4 nitrogen and oxygen atoms in total. The van der Waals surface area contributed by atoms with Crippen LogP contribution in [0.3, 0.4) is 0 Å². The average molecular weight is 257 g/mol. The van der Waals surface area contributed by atoms with Gasteiger partial charge in [0.2, 0.25) is 5.91 Å². The van der Waals surface area contributed by atoms with E-state index >= 15 is 0 Å². The maximum Gasteiger partial charge on any atom is 0.221 e. The summed E-state index contributed by atoms with van der Waals surface area (Å²) in [6.45, 7) is 2.87. The molecule has 100 valence electrons. The standard InChI is InChI=1S/C15H19N3O/c1-11(13-6-4-12(10-16)5-7-13)18-14-3-2-8-17-15(19)9-14/h4-7,11,14,18H,2-3,8-9H2,1H3,(H,17,19). The van der Waals surface area contributed by atoms with E-state index in [1.165, 1.54) is 0 Å². The van der Waals surface area contributed by atoms with Gasteiger partial charge in [0.25, 0.3) is 0 Å². The van der Waals surface area contributed by atoms with Crippen molar-refractivity contribution in [2.75, 3.05) is 6.54 Å². The van der Waals surface area contributed by atoms with E-state index in [1.807, 2.05) is 24.3 Å². The predicted molar refractivity (Wildman–Crippen MR) is 73.4 cm³/mol. The van der Waals surface area contributed by atoms with Crippen LogP contribution in [0.4, 0.5) is 0 Å². The van der Waals surface area contributed by atoms with Crippen molar-refractivity contribution in [2.24, 2.45) is 0 Å². The molecule has 0 saturated carbocycles. The lowest BCUT2D eigenvalue weighted by atomic mass is 10.0. The van der Waals surface area contributed by atoms with Gasteiger partial charge in [-0.3, -0.25) is 4.79 Å². The fraction of sp³-hybridized carbons (Fsp3) is 0.467. The minimum Gasteiger partial charge on any atom is -0.356 e. The third-order valence-corrected chi connectivity index (χ3v) is 3.51. The van der Waals surface area contributed by atoms with Crippen molar-refractivity contribution in [3.05, 3.63) is 35.4 Å². The molecule has 0 spiro atoms. The second kappa shape index (κ2) is 6.35. The van der Waals surface area contributed by atoms with Gasteiger partial charge in [-0.1, -0.05) is 12.1 Å². The van der Waals surface area contributed by atoms with E-state index in [1.54, 1.807) is 0 Å². The third-order valence-electron chi connectivity index (χ3n) is 3.51. The molecule has 19 heavy (non-hydrogen) atoms. The Balaban J connectivity index is 1.97. The van der Waals surface area contributed by atoms with E-state index in [0.29, 0.717) is 12.0 Å². The minimum atomic E-state index is 0.127. The zero-order chi connectivity index (χ0) is 13.7. The van der Waals surface area contributed by atoms with Crippen LogP contribution in [0.1, 0.15) is 43.4 Å². The van der Waals surface area contributed by atoms with Crippen molar-refractivity contribution in [1.29, 1.82) is 5.26 Å². The molecule has 1 aliphatic rings. The van der Waals surface area contributed by atoms with E-state index in [-0.39, 0.29) is 18.0 Å². The number of benzene rings is 1. The van der Waals surface area contributed by atoms with E-state index in [2.05, 4.69) is 23.6 Å². The van der Waals surface area contributed by atoms with Crippen molar-refractivity contribution < 1.29 is 4.79 Å². The van der Waals surface area contributed by atoms with Crippen LogP contribution in [0.15, 0.2) is 24.3 Å². The largest absolute Gasteiger partial charge is 0.356 e. The average Bonchev–Trinajstić information content (AvgIpc) is 2.63. The number of hydrogen-bond acceptors (Lipinski definition) is 3. The molecule has 1 aromatic carbocycles. The molecular formula is C15H19N3O. The summed E-state index contributed by atoms with van der Waals surface area (Å²) in [5.74, 6) is 0.127. The summed E-state index contributed by atoms with van der Waals surface area (Å²) >= 11 is 0. The lowest BCUT2D eigenvalue weighted by Gasteiger charge is -2.21. The predicted octanol–water partition coefficient (Wildman–Crippen LogP) is 1.88. The topological polar surface area (TPSA) is 64.9 Å². The summed E-state index contributed by atoms with van der Waals surface area (Å²) in [7, 11) is 0. The first-order valence-corrected chi connectivity index (χ1v) is 6.72. The van der Waals surface area contributed by atoms with E-state index in [0.717, 1.165) is 24.9 Å². The first-order chi connectivity index (χ1) is 9.19. The number of carbonyl (C=O) groups is 1. The number of rotatable bonds is 3. The number of nitrogens with zero attached hydrogens (tertiary/aromatic N) is 1. The van der Waals surface area contributed by atoms with Gasteiger partial charge in [0.15, 0.2) is 0 Å². The Morgan fingerprint density at radius 3 is 2.84 bits per heavy atom. The molecule has 0 aromatic heterocycles. The Morgan fingerprint density at radius 1 is 1.42 bits per heavy atom. The third kappa shape index (κ3) is 3.80. The Morgan fingerprint density at radius 2 is 2.16 bits per heavy atom. The van der Waals surface area contributed by atoms with Crippen LogP contribution >= 0.6 is 0 Å². The van der Waals surface area contributed by atoms with Gasteiger partial charge in [-0.15, -0.1) is 0 Å². The lowest BCUT2D eigenvalue weighted by Crippen LogP contribution is -2.34. The molecule has 1 amide bonds. The molecule has 2 atom stereocenters. The van der Waals surface area contributed by atoms with Gasteiger partial charge >= 0.3 is 0 Å². The van der Waals surface area contributed by atoms with Gasteiger partial charge < -0.3 is 10.6 Å². The molecule has 4 heteroatoms. The Kier molecular flexibility index (Phi) is 4.53. The fourth-order valence-corrected chi connectivity index (χ4v) is 2.41. The molecule has 0 radical (unpaired) electrons. The van der Waals surface area contributed by atoms with Crippen LogP contribution in [0, 0.1) is 11.3 Å². The number of amides is 1. The summed E-state index contributed by atoms with van der Waals surface area (Å²) in [5, 5.41) is 15.2. The fourth-order valence-electron chi connectivity index (χ4n) is 2.41. The second-order valence-electron chi connectivity index (χ2n) is 5.02. The summed E-state index contributed by atoms with van der Waals surface area (Å²) in [5.41, 5.74) is 1.81. The zero-order valence-corrected chi connectivity index (χ0v) is 11.1. The van der Waals surface area contributed by atoms with Gasteiger partial charge in [-0.25, -0.2) is 0 Å². The van der Waals surface area contributed by atoms with Crippen molar-refractivity contribution in [3.63, 3.8) is 0 Å². The zero-order valence-electron chi connectivity index (χ0n) is 11.1. The SMILES string of the molecule is CC(NC1CCCNC(=O)C1)c1ccc(C#N)cc1. The van der Waals surface area contributed by atoms with Crippen molar-refractivity contribution in [3.8, 4) is 6.07 Å². The highest BCUT2D eigenvalue weighted by Crippen LogP contribution is 2.16. The first kappa shape index (κ1) is 13.6. The molecule has 2 rings (SSSR count). The summed E-state index contributed by atoms with van der Waals surface area (Å²) in [6.07, 6.45) is 2.57. The summed E-state index contributed by atoms with van der Waals surface area (Å²) in [4.78, 5) is 11.5. The molecule has 2 unspecified atom stereocenters. The monoisotopic (exact) mass is 257 g/mol. The highest BCUT2D eigenvalue weighted by atomic mass is 16.1. The van der Waals surface area contributed by atoms with Crippen molar-refractivity contribution in [2.45, 2.75) is 38.3 Å². The number of carbonyl (C=O) groups excluding carboxylic acids is 1. The van der Waals surface area contributed by atoms with Gasteiger partial charge in [0.05, 0.1) is 11.6 Å². The molecule has 0 bridgehead atoms. The van der Waals surface area contributed by atoms with Gasteiger partial charge in [0.1, 0.15) is 0 Å². The first-order valence-electron chi connectivity index (χ1n) is 6.72. The molecule has 0 aliphatic carbocycles. The van der Waals surface area contributed by atoms with Crippen LogP contribution in [-0.4, -0.2) is 18.5 Å². The van der Waals surface area contributed by atoms with E-state index in [4.69, 9.17) is 5.26 Å². The van der Waals surface area contributed by atoms with Crippen LogP contribution in [0.5, 0.6) is 0 Å². The Labute approximate surface area is 113 Å². The highest BCUT2D eigenvalue weighted by molar-refractivity contribution is 5.76. The quantitative estimate of drug-likeness (QED) is 0.869. The summed E-state index contributed by atoms with van der Waals surface area (Å²) < 4.78 is 0. The maximum absolute atomic E-state index is 11.5. The smallest absolute Gasteiger partial charge is 0.221 e. The highest BCUT2D eigenvalue weighted by Gasteiger charge is 2.19. The van der Waals surface area contributed by atoms with Crippen molar-refractivity contribution >= 4 is 5.91 Å². The number of nitrogens with one attached hydrogen (secondary N) is 2. The molecular weight excluding hydrogens is 238 g/mol. The van der Waals surface area contributed by atoms with Crippen LogP contribution in [0.2, 0.25) is 0 Å². The molecule has 1 aliphatic heterocycles. The maximum atomic E-state index is 11.5. The van der Waals surface area contributed by atoms with Crippen LogP contribution < -0.4 is 10.6 Å². The van der Waals surface area contributed by atoms with E-state index in [9.17, 15) is 4.79 Å². The normalized spacial score (nSPS) is 21.1. The number of hydrogen-bond donors (Lipinski definition) is 2. The minimum absolute atomic E-state index is 0.127. The number of nitriles is 1. The van der Waals surface area contributed by atoms with Gasteiger partial charge in [-0.2, -0.15) is 5.26 Å². The molecule has 1 heterocycles. The molecule has 1 saturated heterocycles. The molecule has 1 fully saturated rings. The van der Waals surface area contributed by atoms with Gasteiger partial charge in [0, 0.05) is 25.0 Å². The van der Waals surface area contributed by atoms with Crippen LogP contribution in [-0.2, 0) is 4.79 Å². The molecule has 2 N–H and O–H groups in total.